The zero-order valence-corrected chi connectivity index (χ0v) is 10.8. The Morgan fingerprint density at radius 3 is 2.53 bits per heavy atom. The first kappa shape index (κ1) is 12.3. The van der Waals surface area contributed by atoms with Crippen LogP contribution in [0.1, 0.15) is 25.3 Å². The number of aromatic nitrogens is 2. The summed E-state index contributed by atoms with van der Waals surface area (Å²) in [6, 6.07) is 0. The van der Waals surface area contributed by atoms with Crippen molar-refractivity contribution in [2.75, 3.05) is 31.6 Å². The normalized spacial score (nSPS) is 17.1. The number of rotatable bonds is 4. The Balaban J connectivity index is 1.91. The lowest BCUT2D eigenvalue weighted by Crippen LogP contribution is -2.35. The fourth-order valence-electron chi connectivity index (χ4n) is 2.26. The second kappa shape index (κ2) is 5.96. The molecule has 17 heavy (non-hydrogen) atoms. The summed E-state index contributed by atoms with van der Waals surface area (Å²) in [4.78, 5) is 11.0. The van der Waals surface area contributed by atoms with E-state index < -0.39 is 0 Å². The zero-order valence-electron chi connectivity index (χ0n) is 10.8. The molecule has 2 heterocycles. The van der Waals surface area contributed by atoms with Crippen molar-refractivity contribution < 1.29 is 0 Å². The fraction of sp³-hybridized carbons (Fsp3) is 0.692. The fourth-order valence-corrected chi connectivity index (χ4v) is 2.26. The Hall–Kier alpha value is -1.16. The first-order valence-corrected chi connectivity index (χ1v) is 6.52. The van der Waals surface area contributed by atoms with Crippen LogP contribution in [-0.4, -0.2) is 36.6 Å². The molecule has 4 heteroatoms. The second-order valence-corrected chi connectivity index (χ2v) is 4.82. The van der Waals surface area contributed by atoms with Crippen LogP contribution in [0.25, 0.3) is 0 Å². The van der Waals surface area contributed by atoms with Crippen molar-refractivity contribution in [2.24, 2.45) is 5.92 Å². The van der Waals surface area contributed by atoms with Crippen LogP contribution in [0.4, 0.5) is 5.95 Å². The number of hydrogen-bond donors (Lipinski definition) is 1. The minimum absolute atomic E-state index is 0.774. The standard InChI is InChI=1S/C13H22N4/c1-3-11-8-15-13(16-9-11)17(2)10-12-4-6-14-7-5-12/h8-9,12,14H,3-7,10H2,1-2H3. The molecule has 1 N–H and O–H groups in total. The van der Waals surface area contributed by atoms with Gasteiger partial charge < -0.3 is 10.2 Å². The van der Waals surface area contributed by atoms with Crippen molar-refractivity contribution in [2.45, 2.75) is 26.2 Å². The molecule has 1 aromatic heterocycles. The van der Waals surface area contributed by atoms with E-state index in [1.807, 2.05) is 12.4 Å². The van der Waals surface area contributed by atoms with E-state index in [1.54, 1.807) is 0 Å². The number of aryl methyl sites for hydroxylation is 1. The zero-order chi connectivity index (χ0) is 12.1. The van der Waals surface area contributed by atoms with E-state index in [-0.39, 0.29) is 0 Å². The number of nitrogens with one attached hydrogen (secondary N) is 1. The van der Waals surface area contributed by atoms with E-state index >= 15 is 0 Å². The van der Waals surface area contributed by atoms with Crippen molar-refractivity contribution in [3.05, 3.63) is 18.0 Å². The van der Waals surface area contributed by atoms with Crippen molar-refractivity contribution >= 4 is 5.95 Å². The van der Waals surface area contributed by atoms with Gasteiger partial charge in [0.1, 0.15) is 0 Å². The average Bonchev–Trinajstić information content (AvgIpc) is 2.40. The highest BCUT2D eigenvalue weighted by Gasteiger charge is 2.16. The molecule has 4 nitrogen and oxygen atoms in total. The molecular formula is C13H22N4. The SMILES string of the molecule is CCc1cnc(N(C)CC2CCNCC2)nc1. The van der Waals surface area contributed by atoms with Crippen molar-refractivity contribution in [3.63, 3.8) is 0 Å². The van der Waals surface area contributed by atoms with E-state index in [2.05, 4.69) is 34.2 Å². The molecule has 0 bridgehead atoms. The smallest absolute Gasteiger partial charge is 0.224 e. The van der Waals surface area contributed by atoms with Gasteiger partial charge in [-0.15, -0.1) is 0 Å². The van der Waals surface area contributed by atoms with Gasteiger partial charge in [-0.3, -0.25) is 0 Å². The van der Waals surface area contributed by atoms with Crippen LogP contribution in [0.3, 0.4) is 0 Å². The molecule has 0 aliphatic carbocycles. The molecule has 1 aliphatic rings. The monoisotopic (exact) mass is 234 g/mol. The second-order valence-electron chi connectivity index (χ2n) is 4.82. The van der Waals surface area contributed by atoms with Gasteiger partial charge in [-0.05, 0) is 43.8 Å². The summed E-state index contributed by atoms with van der Waals surface area (Å²) in [7, 11) is 2.09. The highest BCUT2D eigenvalue weighted by atomic mass is 15.2. The van der Waals surface area contributed by atoms with Gasteiger partial charge in [-0.25, -0.2) is 9.97 Å². The van der Waals surface area contributed by atoms with Gasteiger partial charge >= 0.3 is 0 Å². The maximum absolute atomic E-state index is 4.41. The third kappa shape index (κ3) is 3.40. The highest BCUT2D eigenvalue weighted by Crippen LogP contribution is 2.15. The molecule has 1 aromatic rings. The maximum atomic E-state index is 4.41. The van der Waals surface area contributed by atoms with E-state index in [4.69, 9.17) is 0 Å². The van der Waals surface area contributed by atoms with Crippen LogP contribution in [-0.2, 0) is 6.42 Å². The summed E-state index contributed by atoms with van der Waals surface area (Å²) in [6.45, 7) is 5.48. The Labute approximate surface area is 103 Å². The lowest BCUT2D eigenvalue weighted by molar-refractivity contribution is 0.376. The summed E-state index contributed by atoms with van der Waals surface area (Å²) < 4.78 is 0. The molecule has 0 atom stereocenters. The lowest BCUT2D eigenvalue weighted by Gasteiger charge is -2.27. The third-order valence-electron chi connectivity index (χ3n) is 3.43. The number of hydrogen-bond acceptors (Lipinski definition) is 4. The van der Waals surface area contributed by atoms with E-state index in [0.717, 1.165) is 37.9 Å². The molecule has 1 aliphatic heterocycles. The summed E-state index contributed by atoms with van der Waals surface area (Å²) >= 11 is 0. The quantitative estimate of drug-likeness (QED) is 0.856. The molecule has 0 spiro atoms. The van der Waals surface area contributed by atoms with Crippen LogP contribution < -0.4 is 10.2 Å². The minimum Gasteiger partial charge on any atom is -0.344 e. The molecule has 0 amide bonds. The maximum Gasteiger partial charge on any atom is 0.224 e. The molecular weight excluding hydrogens is 212 g/mol. The van der Waals surface area contributed by atoms with Gasteiger partial charge in [0.05, 0.1) is 0 Å². The van der Waals surface area contributed by atoms with Gasteiger partial charge in [0.15, 0.2) is 0 Å². The van der Waals surface area contributed by atoms with Crippen molar-refractivity contribution in [1.82, 2.24) is 15.3 Å². The Morgan fingerprint density at radius 1 is 1.29 bits per heavy atom. The van der Waals surface area contributed by atoms with Crippen LogP contribution >= 0.6 is 0 Å². The van der Waals surface area contributed by atoms with E-state index in [0.29, 0.717) is 0 Å². The summed E-state index contributed by atoms with van der Waals surface area (Å²) in [5.74, 6) is 1.62. The molecule has 0 radical (unpaired) electrons. The van der Waals surface area contributed by atoms with Crippen molar-refractivity contribution in [1.29, 1.82) is 0 Å². The number of nitrogens with zero attached hydrogens (tertiary/aromatic N) is 3. The van der Waals surface area contributed by atoms with Crippen LogP contribution in [0.15, 0.2) is 12.4 Å². The first-order valence-electron chi connectivity index (χ1n) is 6.52. The van der Waals surface area contributed by atoms with Gasteiger partial charge in [0.25, 0.3) is 0 Å². The Kier molecular flexibility index (Phi) is 4.31. The molecule has 0 saturated carbocycles. The third-order valence-corrected chi connectivity index (χ3v) is 3.43. The van der Waals surface area contributed by atoms with Gasteiger partial charge in [-0.2, -0.15) is 0 Å². The number of anilines is 1. The average molecular weight is 234 g/mol. The highest BCUT2D eigenvalue weighted by molar-refractivity contribution is 5.28. The largest absolute Gasteiger partial charge is 0.344 e. The Morgan fingerprint density at radius 2 is 1.94 bits per heavy atom. The first-order chi connectivity index (χ1) is 8.29. The molecule has 0 aromatic carbocycles. The lowest BCUT2D eigenvalue weighted by atomic mass is 9.98. The summed E-state index contributed by atoms with van der Waals surface area (Å²) in [5, 5.41) is 3.39. The van der Waals surface area contributed by atoms with Crippen LogP contribution in [0, 0.1) is 5.92 Å². The van der Waals surface area contributed by atoms with Gasteiger partial charge in [-0.1, -0.05) is 6.92 Å². The molecule has 1 saturated heterocycles. The minimum atomic E-state index is 0.774. The number of piperidine rings is 1. The van der Waals surface area contributed by atoms with Crippen LogP contribution in [0.5, 0.6) is 0 Å². The van der Waals surface area contributed by atoms with Crippen LogP contribution in [0.2, 0.25) is 0 Å². The van der Waals surface area contributed by atoms with E-state index in [1.165, 1.54) is 18.4 Å². The molecule has 94 valence electrons. The summed E-state index contributed by atoms with van der Waals surface area (Å²) in [5.41, 5.74) is 1.20. The molecule has 2 rings (SSSR count). The predicted octanol–water partition coefficient (Wildman–Crippen LogP) is 1.47. The predicted molar refractivity (Wildman–Crippen MR) is 70.3 cm³/mol. The van der Waals surface area contributed by atoms with E-state index in [9.17, 15) is 0 Å². The molecule has 1 fully saturated rings. The topological polar surface area (TPSA) is 41.1 Å². The van der Waals surface area contributed by atoms with Gasteiger partial charge in [0, 0.05) is 26.0 Å². The molecule has 0 unspecified atom stereocenters. The van der Waals surface area contributed by atoms with Gasteiger partial charge in [0.2, 0.25) is 5.95 Å². The summed E-state index contributed by atoms with van der Waals surface area (Å²) in [6.07, 6.45) is 7.38. The Bertz CT molecular complexity index is 330. The van der Waals surface area contributed by atoms with Crippen molar-refractivity contribution in [3.8, 4) is 0 Å².